The second kappa shape index (κ2) is 7.66. The highest BCUT2D eigenvalue weighted by Crippen LogP contribution is 2.45. The summed E-state index contributed by atoms with van der Waals surface area (Å²) in [5.74, 6) is -0.818. The van der Waals surface area contributed by atoms with E-state index in [0.29, 0.717) is 17.1 Å². The first-order chi connectivity index (χ1) is 14.4. The first-order valence-electron chi connectivity index (χ1n) is 9.33. The Morgan fingerprint density at radius 3 is 2.67 bits per heavy atom. The summed E-state index contributed by atoms with van der Waals surface area (Å²) < 4.78 is 27.9. The molecular formula is C21H19F2N5O2. The molecule has 0 atom stereocenters. The minimum Gasteiger partial charge on any atom is -0.508 e. The zero-order valence-corrected chi connectivity index (χ0v) is 15.8. The Morgan fingerprint density at radius 2 is 2.03 bits per heavy atom. The predicted molar refractivity (Wildman–Crippen MR) is 106 cm³/mol. The maximum Gasteiger partial charge on any atom is 0.248 e. The van der Waals surface area contributed by atoms with Gasteiger partial charge >= 0.3 is 0 Å². The molecule has 1 aliphatic rings. The first-order valence-corrected chi connectivity index (χ1v) is 9.33. The van der Waals surface area contributed by atoms with Gasteiger partial charge in [0, 0.05) is 29.3 Å². The number of alkyl halides is 1. The van der Waals surface area contributed by atoms with Crippen LogP contribution in [0.15, 0.2) is 48.7 Å². The van der Waals surface area contributed by atoms with Crippen LogP contribution in [0.3, 0.4) is 0 Å². The van der Waals surface area contributed by atoms with Crippen LogP contribution in [0.1, 0.15) is 28.9 Å². The van der Waals surface area contributed by atoms with Crippen LogP contribution in [-0.2, 0) is 5.41 Å². The Kier molecular flexibility index (Phi) is 5.03. The zero-order chi connectivity index (χ0) is 21.3. The summed E-state index contributed by atoms with van der Waals surface area (Å²) in [6.07, 6.45) is 0.861. The molecule has 1 amide bonds. The number of aromatic nitrogens is 3. The molecule has 1 aliphatic carbocycles. The van der Waals surface area contributed by atoms with E-state index in [2.05, 4.69) is 20.5 Å². The topological polar surface area (TPSA) is 114 Å². The molecule has 1 aromatic carbocycles. The Morgan fingerprint density at radius 1 is 1.23 bits per heavy atom. The van der Waals surface area contributed by atoms with Crippen molar-refractivity contribution < 1.29 is 18.7 Å². The van der Waals surface area contributed by atoms with Gasteiger partial charge in [0.15, 0.2) is 0 Å². The number of benzene rings is 1. The van der Waals surface area contributed by atoms with Gasteiger partial charge in [-0.25, -0.2) is 8.78 Å². The van der Waals surface area contributed by atoms with Gasteiger partial charge in [-0.1, -0.05) is 0 Å². The summed E-state index contributed by atoms with van der Waals surface area (Å²) in [6, 6.07) is 10.3. The highest BCUT2D eigenvalue weighted by Gasteiger charge is 2.48. The fourth-order valence-electron chi connectivity index (χ4n) is 3.73. The van der Waals surface area contributed by atoms with Gasteiger partial charge in [-0.3, -0.25) is 9.78 Å². The second-order valence-electron chi connectivity index (χ2n) is 7.41. The van der Waals surface area contributed by atoms with E-state index in [1.54, 1.807) is 12.1 Å². The molecule has 1 saturated carbocycles. The van der Waals surface area contributed by atoms with Crippen molar-refractivity contribution in [1.29, 1.82) is 0 Å². The Balaban J connectivity index is 1.51. The number of primary amides is 1. The van der Waals surface area contributed by atoms with E-state index in [4.69, 9.17) is 5.73 Å². The van der Waals surface area contributed by atoms with Crippen molar-refractivity contribution in [1.82, 2.24) is 15.2 Å². The number of hydrogen-bond donors (Lipinski definition) is 3. The molecule has 2 heterocycles. The zero-order valence-electron chi connectivity index (χ0n) is 15.8. The largest absolute Gasteiger partial charge is 0.508 e. The van der Waals surface area contributed by atoms with E-state index in [1.165, 1.54) is 36.5 Å². The quantitative estimate of drug-likeness (QED) is 0.575. The van der Waals surface area contributed by atoms with E-state index in [0.717, 1.165) is 0 Å². The molecule has 3 aromatic rings. The summed E-state index contributed by atoms with van der Waals surface area (Å²) in [7, 11) is 0. The summed E-state index contributed by atoms with van der Waals surface area (Å²) in [5, 5.41) is 21.1. The molecule has 0 saturated heterocycles. The van der Waals surface area contributed by atoms with Gasteiger partial charge in [0.2, 0.25) is 5.91 Å². The average molecular weight is 411 g/mol. The number of nitrogens with one attached hydrogen (secondary N) is 1. The van der Waals surface area contributed by atoms with Gasteiger partial charge < -0.3 is 16.2 Å². The van der Waals surface area contributed by atoms with Crippen molar-refractivity contribution in [2.24, 2.45) is 5.73 Å². The number of nitrogens with two attached hydrogens (primary N) is 1. The van der Waals surface area contributed by atoms with Crippen molar-refractivity contribution in [3.63, 3.8) is 0 Å². The normalized spacial score (nSPS) is 20.4. The van der Waals surface area contributed by atoms with Crippen LogP contribution in [0.2, 0.25) is 0 Å². The fourth-order valence-corrected chi connectivity index (χ4v) is 3.73. The monoisotopic (exact) mass is 411 g/mol. The maximum absolute atomic E-state index is 14.2. The number of rotatable bonds is 6. The number of amides is 1. The van der Waals surface area contributed by atoms with Crippen molar-refractivity contribution in [3.05, 3.63) is 65.7 Å². The molecule has 9 heteroatoms. The van der Waals surface area contributed by atoms with Gasteiger partial charge in [-0.05, 0) is 55.3 Å². The van der Waals surface area contributed by atoms with Crippen LogP contribution in [0.5, 0.6) is 5.75 Å². The predicted octanol–water partition coefficient (Wildman–Crippen LogP) is 2.96. The van der Waals surface area contributed by atoms with Gasteiger partial charge in [0.05, 0.1) is 11.4 Å². The van der Waals surface area contributed by atoms with Crippen LogP contribution in [-0.4, -0.2) is 38.9 Å². The van der Waals surface area contributed by atoms with E-state index in [1.807, 2.05) is 0 Å². The number of carbonyl (C=O) groups is 1. The SMILES string of the molecule is NC(=O)c1cc(O)cc(-c2ccc(NCC3(c4ncccc4F)CC(F)C3)nn2)c1. The highest BCUT2D eigenvalue weighted by molar-refractivity contribution is 5.94. The summed E-state index contributed by atoms with van der Waals surface area (Å²) in [6.45, 7) is 0.257. The van der Waals surface area contributed by atoms with Crippen LogP contribution in [0, 0.1) is 5.82 Å². The third-order valence-electron chi connectivity index (χ3n) is 5.26. The standard InChI is InChI=1S/C21H19F2N5O2/c22-14-9-21(10-14,19-16(23)2-1-5-25-19)11-26-18-4-3-17(27-28-18)12-6-13(20(24)30)8-15(29)7-12/h1-8,14,29H,9-11H2,(H2,24,30)(H,26,28). The number of carbonyl (C=O) groups excluding carboxylic acids is 1. The second-order valence-corrected chi connectivity index (χ2v) is 7.41. The molecule has 2 aromatic heterocycles. The van der Waals surface area contributed by atoms with Crippen LogP contribution < -0.4 is 11.1 Å². The van der Waals surface area contributed by atoms with Crippen molar-refractivity contribution in [2.45, 2.75) is 24.4 Å². The molecule has 4 N–H and O–H groups in total. The van der Waals surface area contributed by atoms with Crippen LogP contribution in [0.4, 0.5) is 14.6 Å². The molecular weight excluding hydrogens is 392 g/mol. The lowest BCUT2D eigenvalue weighted by Crippen LogP contribution is -2.49. The van der Waals surface area contributed by atoms with Gasteiger partial charge in [-0.2, -0.15) is 0 Å². The number of halogens is 2. The first kappa shape index (κ1) is 19.7. The minimum atomic E-state index is -0.994. The highest BCUT2D eigenvalue weighted by atomic mass is 19.1. The summed E-state index contributed by atoms with van der Waals surface area (Å²) >= 11 is 0. The Hall–Kier alpha value is -3.62. The van der Waals surface area contributed by atoms with E-state index in [9.17, 15) is 18.7 Å². The van der Waals surface area contributed by atoms with Crippen molar-refractivity contribution in [2.75, 3.05) is 11.9 Å². The lowest BCUT2D eigenvalue weighted by atomic mass is 9.65. The van der Waals surface area contributed by atoms with Crippen molar-refractivity contribution >= 4 is 11.7 Å². The van der Waals surface area contributed by atoms with E-state index in [-0.39, 0.29) is 36.4 Å². The maximum atomic E-state index is 14.2. The average Bonchev–Trinajstić information content (AvgIpc) is 2.70. The molecule has 0 unspecified atom stereocenters. The number of phenolic OH excluding ortho intramolecular Hbond substituents is 1. The third-order valence-corrected chi connectivity index (χ3v) is 5.26. The number of aromatic hydroxyl groups is 1. The molecule has 0 radical (unpaired) electrons. The Bertz CT molecular complexity index is 1090. The minimum absolute atomic E-state index is 0.115. The molecule has 7 nitrogen and oxygen atoms in total. The molecule has 4 rings (SSSR count). The van der Waals surface area contributed by atoms with Gasteiger partial charge in [-0.15, -0.1) is 10.2 Å². The number of nitrogens with zero attached hydrogens (tertiary/aromatic N) is 3. The van der Waals surface area contributed by atoms with E-state index >= 15 is 0 Å². The molecule has 1 fully saturated rings. The van der Waals surface area contributed by atoms with Crippen LogP contribution in [0.25, 0.3) is 11.3 Å². The number of hydrogen-bond acceptors (Lipinski definition) is 6. The van der Waals surface area contributed by atoms with Crippen molar-refractivity contribution in [3.8, 4) is 17.0 Å². The third kappa shape index (κ3) is 3.78. The van der Waals surface area contributed by atoms with Gasteiger partial charge in [0.25, 0.3) is 0 Å². The molecule has 154 valence electrons. The van der Waals surface area contributed by atoms with E-state index < -0.39 is 23.3 Å². The summed E-state index contributed by atoms with van der Waals surface area (Å²) in [4.78, 5) is 15.5. The Labute approximate surface area is 171 Å². The fraction of sp³-hybridized carbons (Fsp3) is 0.238. The summed E-state index contributed by atoms with van der Waals surface area (Å²) in [5.41, 5.74) is 5.83. The lowest BCUT2D eigenvalue weighted by Gasteiger charge is -2.44. The van der Waals surface area contributed by atoms with Crippen LogP contribution >= 0.6 is 0 Å². The molecule has 30 heavy (non-hydrogen) atoms. The molecule has 0 aliphatic heterocycles. The number of phenols is 1. The number of anilines is 1. The lowest BCUT2D eigenvalue weighted by molar-refractivity contribution is 0.0963. The van der Waals surface area contributed by atoms with Gasteiger partial charge in [0.1, 0.15) is 23.6 Å². The molecule has 0 spiro atoms. The number of pyridine rings is 1. The smallest absolute Gasteiger partial charge is 0.248 e. The molecule has 0 bridgehead atoms.